The van der Waals surface area contributed by atoms with Crippen LogP contribution < -0.4 is 4.90 Å². The van der Waals surface area contributed by atoms with E-state index in [-0.39, 0.29) is 5.56 Å². The first kappa shape index (κ1) is 12.2. The first-order valence-electron chi connectivity index (χ1n) is 5.79. The van der Waals surface area contributed by atoms with Crippen LogP contribution in [-0.4, -0.2) is 32.2 Å². The molecule has 0 amide bonds. The highest BCUT2D eigenvalue weighted by molar-refractivity contribution is 9.10. The van der Waals surface area contributed by atoms with Crippen molar-refractivity contribution in [3.63, 3.8) is 0 Å². The SMILES string of the molecule is O=C(O)c1cc(Br)cnc1N1CCn2ccnc2C1. The molecule has 2 aromatic heterocycles. The van der Waals surface area contributed by atoms with Gasteiger partial charge in [-0.15, -0.1) is 0 Å². The van der Waals surface area contributed by atoms with Gasteiger partial charge < -0.3 is 14.6 Å². The van der Waals surface area contributed by atoms with Crippen LogP contribution in [0.25, 0.3) is 0 Å². The second kappa shape index (κ2) is 4.65. The first-order valence-corrected chi connectivity index (χ1v) is 6.58. The van der Waals surface area contributed by atoms with Crippen LogP contribution in [0.2, 0.25) is 0 Å². The van der Waals surface area contributed by atoms with E-state index in [1.54, 1.807) is 18.5 Å². The van der Waals surface area contributed by atoms with Gasteiger partial charge in [-0.05, 0) is 22.0 Å². The fraction of sp³-hybridized carbons (Fsp3) is 0.250. The zero-order chi connectivity index (χ0) is 13.4. The molecule has 98 valence electrons. The highest BCUT2D eigenvalue weighted by Gasteiger charge is 2.22. The fourth-order valence-electron chi connectivity index (χ4n) is 2.20. The van der Waals surface area contributed by atoms with Crippen LogP contribution >= 0.6 is 15.9 Å². The van der Waals surface area contributed by atoms with Gasteiger partial charge in [0.15, 0.2) is 0 Å². The third kappa shape index (κ3) is 2.21. The lowest BCUT2D eigenvalue weighted by atomic mass is 10.2. The van der Waals surface area contributed by atoms with Crippen LogP contribution in [0.15, 0.2) is 29.1 Å². The van der Waals surface area contributed by atoms with Gasteiger partial charge in [0, 0.05) is 36.2 Å². The molecule has 19 heavy (non-hydrogen) atoms. The highest BCUT2D eigenvalue weighted by atomic mass is 79.9. The van der Waals surface area contributed by atoms with Gasteiger partial charge in [0.2, 0.25) is 0 Å². The molecule has 0 aromatic carbocycles. The number of nitrogens with zero attached hydrogens (tertiary/aromatic N) is 4. The Hall–Kier alpha value is -1.89. The molecule has 0 saturated heterocycles. The van der Waals surface area contributed by atoms with Crippen molar-refractivity contribution in [2.45, 2.75) is 13.1 Å². The summed E-state index contributed by atoms with van der Waals surface area (Å²) in [6.07, 6.45) is 5.30. The van der Waals surface area contributed by atoms with E-state index >= 15 is 0 Å². The number of pyridine rings is 1. The molecule has 1 aliphatic rings. The smallest absolute Gasteiger partial charge is 0.339 e. The number of carboxylic acids is 1. The minimum atomic E-state index is -0.974. The van der Waals surface area contributed by atoms with E-state index in [1.165, 1.54) is 0 Å². The topological polar surface area (TPSA) is 71.2 Å². The molecule has 0 atom stereocenters. The Morgan fingerprint density at radius 1 is 1.37 bits per heavy atom. The van der Waals surface area contributed by atoms with Crippen molar-refractivity contribution in [2.24, 2.45) is 0 Å². The standard InChI is InChI=1S/C12H11BrN4O2/c13-8-5-9(12(18)19)11(15-6-8)17-4-3-16-2-1-14-10(16)7-17/h1-2,5-6H,3-4,7H2,(H,18,19). The van der Waals surface area contributed by atoms with Crippen molar-refractivity contribution in [3.8, 4) is 0 Å². The van der Waals surface area contributed by atoms with Gasteiger partial charge in [-0.1, -0.05) is 0 Å². The molecule has 0 bridgehead atoms. The number of fused-ring (bicyclic) bond motifs is 1. The molecule has 3 rings (SSSR count). The van der Waals surface area contributed by atoms with Crippen LogP contribution in [0.3, 0.4) is 0 Å². The van der Waals surface area contributed by atoms with E-state index < -0.39 is 5.97 Å². The fourth-order valence-corrected chi connectivity index (χ4v) is 2.53. The Morgan fingerprint density at radius 2 is 2.21 bits per heavy atom. The maximum atomic E-state index is 11.3. The maximum Gasteiger partial charge on any atom is 0.339 e. The summed E-state index contributed by atoms with van der Waals surface area (Å²) in [7, 11) is 0. The summed E-state index contributed by atoms with van der Waals surface area (Å²) in [5, 5.41) is 9.27. The zero-order valence-electron chi connectivity index (χ0n) is 9.95. The van der Waals surface area contributed by atoms with Gasteiger partial charge in [0.1, 0.15) is 17.2 Å². The molecule has 0 spiro atoms. The number of carboxylic acid groups (broad SMARTS) is 1. The molecular formula is C12H11BrN4O2. The van der Waals surface area contributed by atoms with Crippen LogP contribution in [0.5, 0.6) is 0 Å². The molecular weight excluding hydrogens is 312 g/mol. The molecule has 1 N–H and O–H groups in total. The predicted octanol–water partition coefficient (Wildman–Crippen LogP) is 1.76. The van der Waals surface area contributed by atoms with Crippen molar-refractivity contribution in [2.75, 3.05) is 11.4 Å². The second-order valence-corrected chi connectivity index (χ2v) is 5.20. The summed E-state index contributed by atoms with van der Waals surface area (Å²) in [5.74, 6) is 0.440. The number of halogens is 1. The number of aromatic carboxylic acids is 1. The minimum Gasteiger partial charge on any atom is -0.478 e. The van der Waals surface area contributed by atoms with Gasteiger partial charge >= 0.3 is 5.97 Å². The van der Waals surface area contributed by atoms with Gasteiger partial charge in [0.05, 0.1) is 6.54 Å². The zero-order valence-corrected chi connectivity index (χ0v) is 11.5. The van der Waals surface area contributed by atoms with Crippen LogP contribution in [-0.2, 0) is 13.1 Å². The Balaban J connectivity index is 1.98. The molecule has 7 heteroatoms. The summed E-state index contributed by atoms with van der Waals surface area (Å²) in [6.45, 7) is 2.08. The molecule has 0 aliphatic carbocycles. The van der Waals surface area contributed by atoms with Gasteiger partial charge in [-0.3, -0.25) is 0 Å². The van der Waals surface area contributed by atoms with E-state index in [1.807, 2.05) is 11.1 Å². The Kier molecular flexibility index (Phi) is 2.98. The normalized spacial score (nSPS) is 14.3. The molecule has 0 radical (unpaired) electrons. The van der Waals surface area contributed by atoms with Crippen LogP contribution in [0.1, 0.15) is 16.2 Å². The third-order valence-corrected chi connectivity index (χ3v) is 3.54. The number of hydrogen-bond acceptors (Lipinski definition) is 4. The molecule has 3 heterocycles. The molecule has 0 fully saturated rings. The number of anilines is 1. The molecule has 1 aliphatic heterocycles. The Labute approximate surface area is 117 Å². The predicted molar refractivity (Wildman–Crippen MR) is 72.2 cm³/mol. The minimum absolute atomic E-state index is 0.203. The van der Waals surface area contributed by atoms with Crippen molar-refractivity contribution in [3.05, 3.63) is 40.5 Å². The number of aromatic nitrogens is 3. The van der Waals surface area contributed by atoms with E-state index in [4.69, 9.17) is 0 Å². The molecule has 2 aromatic rings. The van der Waals surface area contributed by atoms with Gasteiger partial charge in [-0.2, -0.15) is 0 Å². The average molecular weight is 323 g/mol. The van der Waals surface area contributed by atoms with Crippen LogP contribution in [0, 0.1) is 0 Å². The van der Waals surface area contributed by atoms with Crippen molar-refractivity contribution >= 4 is 27.7 Å². The Morgan fingerprint density at radius 3 is 3.00 bits per heavy atom. The van der Waals surface area contributed by atoms with E-state index in [0.717, 1.165) is 18.9 Å². The van der Waals surface area contributed by atoms with E-state index in [0.29, 0.717) is 16.8 Å². The van der Waals surface area contributed by atoms with Crippen molar-refractivity contribution in [1.29, 1.82) is 0 Å². The van der Waals surface area contributed by atoms with Crippen LogP contribution in [0.4, 0.5) is 5.82 Å². The molecule has 6 nitrogen and oxygen atoms in total. The summed E-state index contributed by atoms with van der Waals surface area (Å²) in [5.41, 5.74) is 0.203. The van der Waals surface area contributed by atoms with Crippen molar-refractivity contribution in [1.82, 2.24) is 14.5 Å². The summed E-state index contributed by atoms with van der Waals surface area (Å²) in [6, 6.07) is 1.58. The van der Waals surface area contributed by atoms with Gasteiger partial charge in [-0.25, -0.2) is 14.8 Å². The average Bonchev–Trinajstić information content (AvgIpc) is 2.85. The van der Waals surface area contributed by atoms with Gasteiger partial charge in [0.25, 0.3) is 0 Å². The second-order valence-electron chi connectivity index (χ2n) is 4.29. The lowest BCUT2D eigenvalue weighted by Crippen LogP contribution is -2.35. The van der Waals surface area contributed by atoms with E-state index in [9.17, 15) is 9.90 Å². The molecule has 0 unspecified atom stereocenters. The first-order chi connectivity index (χ1) is 9.15. The quantitative estimate of drug-likeness (QED) is 0.912. The number of carbonyl (C=O) groups is 1. The van der Waals surface area contributed by atoms with E-state index in [2.05, 4.69) is 30.5 Å². The monoisotopic (exact) mass is 322 g/mol. The van der Waals surface area contributed by atoms with Crippen molar-refractivity contribution < 1.29 is 9.90 Å². The third-order valence-electron chi connectivity index (χ3n) is 3.11. The highest BCUT2D eigenvalue weighted by Crippen LogP contribution is 2.24. The summed E-state index contributed by atoms with van der Waals surface area (Å²) >= 11 is 3.25. The Bertz CT molecular complexity index is 640. The number of hydrogen-bond donors (Lipinski definition) is 1. The number of imidazole rings is 1. The lowest BCUT2D eigenvalue weighted by Gasteiger charge is -2.29. The largest absolute Gasteiger partial charge is 0.478 e. The summed E-state index contributed by atoms with van der Waals surface area (Å²) < 4.78 is 2.72. The lowest BCUT2D eigenvalue weighted by molar-refractivity contribution is 0.0697. The maximum absolute atomic E-state index is 11.3. The molecule has 0 saturated carbocycles. The summed E-state index contributed by atoms with van der Waals surface area (Å²) in [4.78, 5) is 21.7. The number of rotatable bonds is 2.